The topological polar surface area (TPSA) is 41.5 Å². The van der Waals surface area contributed by atoms with Crippen LogP contribution in [-0.4, -0.2) is 36.5 Å². The second kappa shape index (κ2) is 8.25. The molecule has 1 rings (SSSR count). The van der Waals surface area contributed by atoms with Crippen molar-refractivity contribution in [3.05, 3.63) is 37.0 Å². The fourth-order valence-corrected chi connectivity index (χ4v) is 2.07. The summed E-state index contributed by atoms with van der Waals surface area (Å²) in [6.07, 6.45) is 8.00. The van der Waals surface area contributed by atoms with Gasteiger partial charge in [0.1, 0.15) is 0 Å². The van der Waals surface area contributed by atoms with Gasteiger partial charge in [-0.2, -0.15) is 0 Å². The molecule has 102 valence electrons. The lowest BCUT2D eigenvalue weighted by Gasteiger charge is -2.28. The van der Waals surface area contributed by atoms with Crippen molar-refractivity contribution in [2.75, 3.05) is 13.2 Å². The predicted molar refractivity (Wildman–Crippen MR) is 75.5 cm³/mol. The lowest BCUT2D eigenvalue weighted by molar-refractivity contribution is -0.0491. The summed E-state index contributed by atoms with van der Waals surface area (Å²) in [5.41, 5.74) is 1.03. The highest BCUT2D eigenvalue weighted by atomic mass is 16.5. The number of rotatable bonds is 7. The van der Waals surface area contributed by atoms with E-state index in [1.165, 1.54) is 0 Å². The zero-order valence-corrected chi connectivity index (χ0v) is 11.3. The number of hydrogen-bond acceptors (Lipinski definition) is 3. The monoisotopic (exact) mass is 251 g/mol. The molecule has 0 spiro atoms. The minimum atomic E-state index is -0.193. The van der Waals surface area contributed by atoms with Crippen molar-refractivity contribution in [2.24, 2.45) is 0 Å². The highest BCUT2D eigenvalue weighted by molar-refractivity contribution is 5.19. The van der Waals surface area contributed by atoms with Crippen molar-refractivity contribution < 1.29 is 9.84 Å². The van der Waals surface area contributed by atoms with Crippen LogP contribution < -0.4 is 5.32 Å². The van der Waals surface area contributed by atoms with Crippen LogP contribution in [0, 0.1) is 0 Å². The summed E-state index contributed by atoms with van der Waals surface area (Å²) < 4.78 is 5.64. The maximum absolute atomic E-state index is 9.57. The molecule has 3 atom stereocenters. The first-order chi connectivity index (χ1) is 8.61. The van der Waals surface area contributed by atoms with Crippen LogP contribution >= 0.6 is 0 Å². The Morgan fingerprint density at radius 1 is 1.61 bits per heavy atom. The van der Waals surface area contributed by atoms with Gasteiger partial charge in [-0.15, -0.1) is 0 Å². The summed E-state index contributed by atoms with van der Waals surface area (Å²) in [7, 11) is 0. The van der Waals surface area contributed by atoms with Crippen molar-refractivity contribution in [1.29, 1.82) is 0 Å². The number of aliphatic hydroxyl groups is 1. The summed E-state index contributed by atoms with van der Waals surface area (Å²) >= 11 is 0. The summed E-state index contributed by atoms with van der Waals surface area (Å²) in [4.78, 5) is 0. The first-order valence-electron chi connectivity index (χ1n) is 6.61. The third-order valence-corrected chi connectivity index (χ3v) is 3.10. The van der Waals surface area contributed by atoms with Gasteiger partial charge < -0.3 is 15.2 Å². The molecule has 2 N–H and O–H groups in total. The minimum absolute atomic E-state index is 0.174. The number of ether oxygens (including phenoxy) is 1. The molecule has 3 unspecified atom stereocenters. The third kappa shape index (κ3) is 6.15. The summed E-state index contributed by atoms with van der Waals surface area (Å²) in [5, 5.41) is 13.0. The second-order valence-corrected chi connectivity index (χ2v) is 4.94. The van der Waals surface area contributed by atoms with Crippen molar-refractivity contribution in [3.63, 3.8) is 0 Å². The van der Waals surface area contributed by atoms with Gasteiger partial charge in [-0.25, -0.2) is 0 Å². The van der Waals surface area contributed by atoms with Crippen LogP contribution in [-0.2, 0) is 4.74 Å². The fourth-order valence-electron chi connectivity index (χ4n) is 2.07. The van der Waals surface area contributed by atoms with Gasteiger partial charge >= 0.3 is 0 Å². The van der Waals surface area contributed by atoms with Crippen molar-refractivity contribution in [2.45, 2.75) is 44.4 Å². The Morgan fingerprint density at radius 2 is 2.39 bits per heavy atom. The molecular formula is C15H25NO2. The lowest BCUT2D eigenvalue weighted by atomic mass is 10.0. The van der Waals surface area contributed by atoms with Crippen molar-refractivity contribution >= 4 is 0 Å². The molecule has 0 amide bonds. The first-order valence-corrected chi connectivity index (χ1v) is 6.61. The average Bonchev–Trinajstić information content (AvgIpc) is 2.34. The van der Waals surface area contributed by atoms with Crippen LogP contribution in [0.3, 0.4) is 0 Å². The second-order valence-electron chi connectivity index (χ2n) is 4.94. The van der Waals surface area contributed by atoms with Gasteiger partial charge in [-0.1, -0.05) is 31.4 Å². The molecule has 1 fully saturated rings. The zero-order chi connectivity index (χ0) is 13.4. The van der Waals surface area contributed by atoms with Gasteiger partial charge in [-0.3, -0.25) is 0 Å². The molecular weight excluding hydrogens is 226 g/mol. The van der Waals surface area contributed by atoms with E-state index < -0.39 is 0 Å². The normalized spacial score (nSPS) is 26.1. The smallest absolute Gasteiger partial charge is 0.0614 e. The molecule has 1 heterocycles. The van der Waals surface area contributed by atoms with Crippen LogP contribution in [0.5, 0.6) is 0 Å². The van der Waals surface area contributed by atoms with Crippen LogP contribution in [0.4, 0.5) is 0 Å². The summed E-state index contributed by atoms with van der Waals surface area (Å²) in [6.45, 7) is 11.2. The molecule has 18 heavy (non-hydrogen) atoms. The summed E-state index contributed by atoms with van der Waals surface area (Å²) in [6, 6.07) is 0.356. The van der Waals surface area contributed by atoms with E-state index in [0.717, 1.165) is 31.4 Å². The zero-order valence-electron chi connectivity index (χ0n) is 11.3. The van der Waals surface area contributed by atoms with Crippen LogP contribution in [0.25, 0.3) is 0 Å². The fraction of sp³-hybridized carbons (Fsp3) is 0.600. The highest BCUT2D eigenvalue weighted by Gasteiger charge is 2.22. The van der Waals surface area contributed by atoms with Gasteiger partial charge in [0.2, 0.25) is 0 Å². The Bertz CT molecular complexity index is 299. The number of allylic oxidation sites excluding steroid dienone is 2. The summed E-state index contributed by atoms with van der Waals surface area (Å²) in [5.74, 6) is 0. The number of aliphatic hydroxyl groups excluding tert-OH is 1. The quantitative estimate of drug-likeness (QED) is 0.682. The van der Waals surface area contributed by atoms with Crippen LogP contribution in [0.2, 0.25) is 0 Å². The molecule has 1 saturated heterocycles. The molecule has 1 aliphatic heterocycles. The standard InChI is InChI=1S/C15H25NO2/c1-4-5-6-12(2)11-16-13(3)9-15-10-14(17)7-8-18-15/h4-6,13-17H,1-2,7-11H2,3H3/b6-5-. The Kier molecular flexibility index (Phi) is 6.94. The maximum atomic E-state index is 9.57. The van der Waals surface area contributed by atoms with E-state index in [1.54, 1.807) is 6.08 Å². The van der Waals surface area contributed by atoms with E-state index >= 15 is 0 Å². The highest BCUT2D eigenvalue weighted by Crippen LogP contribution is 2.17. The van der Waals surface area contributed by atoms with E-state index in [2.05, 4.69) is 25.4 Å². The van der Waals surface area contributed by atoms with Gasteiger partial charge in [0, 0.05) is 19.2 Å². The van der Waals surface area contributed by atoms with Crippen molar-refractivity contribution in [3.8, 4) is 0 Å². The Balaban J connectivity index is 2.20. The van der Waals surface area contributed by atoms with Gasteiger partial charge in [0.15, 0.2) is 0 Å². The lowest BCUT2D eigenvalue weighted by Crippen LogP contribution is -2.36. The van der Waals surface area contributed by atoms with Gasteiger partial charge in [-0.05, 0) is 31.8 Å². The molecule has 1 aliphatic rings. The molecule has 0 bridgehead atoms. The van der Waals surface area contributed by atoms with E-state index in [0.29, 0.717) is 12.6 Å². The minimum Gasteiger partial charge on any atom is -0.393 e. The van der Waals surface area contributed by atoms with Gasteiger partial charge in [0.25, 0.3) is 0 Å². The molecule has 0 saturated carbocycles. The molecule has 3 nitrogen and oxygen atoms in total. The Morgan fingerprint density at radius 3 is 3.06 bits per heavy atom. The average molecular weight is 251 g/mol. The van der Waals surface area contributed by atoms with E-state index in [-0.39, 0.29) is 12.2 Å². The largest absolute Gasteiger partial charge is 0.393 e. The van der Waals surface area contributed by atoms with Gasteiger partial charge in [0.05, 0.1) is 12.2 Å². The third-order valence-electron chi connectivity index (χ3n) is 3.10. The molecule has 0 aliphatic carbocycles. The first kappa shape index (κ1) is 15.2. The van der Waals surface area contributed by atoms with Crippen LogP contribution in [0.15, 0.2) is 37.0 Å². The predicted octanol–water partition coefficient (Wildman–Crippen LogP) is 2.19. The van der Waals surface area contributed by atoms with E-state index in [4.69, 9.17) is 4.74 Å². The van der Waals surface area contributed by atoms with E-state index in [1.807, 2.05) is 12.2 Å². The SMILES string of the molecule is C=C/C=C\C(=C)CNC(C)CC1CC(O)CCO1. The Hall–Kier alpha value is -0.900. The molecule has 0 aromatic heterocycles. The molecule has 0 radical (unpaired) electrons. The molecule has 0 aromatic rings. The maximum Gasteiger partial charge on any atom is 0.0614 e. The van der Waals surface area contributed by atoms with Crippen LogP contribution in [0.1, 0.15) is 26.2 Å². The number of nitrogens with one attached hydrogen (secondary N) is 1. The van der Waals surface area contributed by atoms with Crippen molar-refractivity contribution in [1.82, 2.24) is 5.32 Å². The molecule has 0 aromatic carbocycles. The number of hydrogen-bond donors (Lipinski definition) is 2. The van der Waals surface area contributed by atoms with E-state index in [9.17, 15) is 5.11 Å². The molecule has 3 heteroatoms. The Labute approximate surface area is 110 Å².